The molecule has 24 heavy (non-hydrogen) atoms. The summed E-state index contributed by atoms with van der Waals surface area (Å²) < 4.78 is 1.46. The van der Waals surface area contributed by atoms with Gasteiger partial charge in [0, 0.05) is 32.1 Å². The van der Waals surface area contributed by atoms with Crippen LogP contribution in [-0.4, -0.2) is 61.6 Å². The van der Waals surface area contributed by atoms with Gasteiger partial charge in [-0.15, -0.1) is 19.9 Å². The predicted molar refractivity (Wildman–Crippen MR) is 87.0 cm³/mol. The Bertz CT molecular complexity index is 847. The van der Waals surface area contributed by atoms with Gasteiger partial charge < -0.3 is 9.80 Å². The van der Waals surface area contributed by atoms with Crippen LogP contribution in [0.5, 0.6) is 0 Å². The van der Waals surface area contributed by atoms with Gasteiger partial charge in [-0.2, -0.15) is 5.10 Å². The summed E-state index contributed by atoms with van der Waals surface area (Å²) in [6, 6.07) is 8.07. The fourth-order valence-corrected chi connectivity index (χ4v) is 3.07. The van der Waals surface area contributed by atoms with Crippen LogP contribution in [0.4, 0.5) is 11.6 Å². The maximum absolute atomic E-state index is 4.45. The molecule has 0 radical (unpaired) electrons. The largest absolute Gasteiger partial charge is 0.352 e. The molecule has 1 aliphatic heterocycles. The number of nitrogens with zero attached hydrogens (tertiary/aromatic N) is 9. The van der Waals surface area contributed by atoms with Crippen LogP contribution in [0.25, 0.3) is 5.65 Å². The lowest BCUT2D eigenvalue weighted by molar-refractivity contribution is 0.624. The zero-order valence-corrected chi connectivity index (χ0v) is 13.2. The Labute approximate surface area is 138 Å². The van der Waals surface area contributed by atoms with E-state index in [2.05, 4.69) is 52.8 Å². The second-order valence-electron chi connectivity index (χ2n) is 6.28. The molecule has 3 aromatic rings. The van der Waals surface area contributed by atoms with Crippen molar-refractivity contribution in [3.05, 3.63) is 30.0 Å². The molecule has 1 saturated heterocycles. The van der Waals surface area contributed by atoms with E-state index in [-0.39, 0.29) is 0 Å². The highest BCUT2D eigenvalue weighted by atomic mass is 15.6. The highest BCUT2D eigenvalue weighted by Gasteiger charge is 2.26. The number of rotatable bonds is 3. The van der Waals surface area contributed by atoms with Gasteiger partial charge in [-0.05, 0) is 47.5 Å². The second-order valence-corrected chi connectivity index (χ2v) is 6.28. The lowest BCUT2D eigenvalue weighted by Crippen LogP contribution is -2.47. The van der Waals surface area contributed by atoms with Gasteiger partial charge in [0.25, 0.3) is 0 Å². The van der Waals surface area contributed by atoms with Crippen molar-refractivity contribution in [1.82, 2.24) is 35.5 Å². The molecule has 2 aliphatic rings. The first-order valence-electron chi connectivity index (χ1n) is 8.26. The summed E-state index contributed by atoms with van der Waals surface area (Å²) in [4.78, 5) is 4.51. The Hall–Kier alpha value is -2.84. The maximum Gasteiger partial charge on any atom is 0.200 e. The third-order valence-corrected chi connectivity index (χ3v) is 4.65. The second kappa shape index (κ2) is 5.36. The third-order valence-electron chi connectivity index (χ3n) is 4.65. The Kier molecular flexibility index (Phi) is 3.03. The van der Waals surface area contributed by atoms with E-state index in [0.29, 0.717) is 11.6 Å². The first kappa shape index (κ1) is 13.6. The molecule has 3 aromatic heterocycles. The summed E-state index contributed by atoms with van der Waals surface area (Å²) in [5.74, 6) is 2.50. The van der Waals surface area contributed by atoms with Crippen molar-refractivity contribution in [2.45, 2.75) is 18.8 Å². The van der Waals surface area contributed by atoms with E-state index in [0.717, 1.165) is 43.5 Å². The van der Waals surface area contributed by atoms with Crippen molar-refractivity contribution in [3.8, 4) is 0 Å². The van der Waals surface area contributed by atoms with E-state index >= 15 is 0 Å². The van der Waals surface area contributed by atoms with E-state index in [1.165, 1.54) is 17.5 Å². The highest BCUT2D eigenvalue weighted by molar-refractivity contribution is 5.47. The van der Waals surface area contributed by atoms with Crippen LogP contribution in [0.3, 0.4) is 0 Å². The molecule has 0 atom stereocenters. The SMILES string of the molecule is c1cc(N2CCN(c3ccc4nnnn4n3)CC2)nnc1C1CC1. The van der Waals surface area contributed by atoms with Crippen molar-refractivity contribution in [2.24, 2.45) is 0 Å². The number of hydrogen-bond acceptors (Lipinski definition) is 8. The molecule has 0 aromatic carbocycles. The lowest BCUT2D eigenvalue weighted by atomic mass is 10.2. The van der Waals surface area contributed by atoms with E-state index in [1.807, 2.05) is 12.1 Å². The smallest absolute Gasteiger partial charge is 0.200 e. The average molecular weight is 323 g/mol. The number of aromatic nitrogens is 7. The van der Waals surface area contributed by atoms with Gasteiger partial charge in [0.05, 0.1) is 5.69 Å². The van der Waals surface area contributed by atoms with Crippen LogP contribution in [0.2, 0.25) is 0 Å². The zero-order chi connectivity index (χ0) is 15.9. The van der Waals surface area contributed by atoms with Crippen molar-refractivity contribution in [3.63, 3.8) is 0 Å². The normalized spacial score (nSPS) is 18.3. The number of piperazine rings is 1. The van der Waals surface area contributed by atoms with Gasteiger partial charge in [0.1, 0.15) is 0 Å². The third kappa shape index (κ3) is 2.41. The maximum atomic E-state index is 4.45. The minimum absolute atomic E-state index is 0.649. The van der Waals surface area contributed by atoms with Crippen LogP contribution in [0.1, 0.15) is 24.5 Å². The van der Waals surface area contributed by atoms with Crippen LogP contribution in [-0.2, 0) is 0 Å². The average Bonchev–Trinajstić information content (AvgIpc) is 3.39. The molecule has 0 unspecified atom stereocenters. The van der Waals surface area contributed by atoms with Gasteiger partial charge in [-0.1, -0.05) is 0 Å². The number of fused-ring (bicyclic) bond motifs is 1. The Morgan fingerprint density at radius 3 is 2.25 bits per heavy atom. The molecule has 2 fully saturated rings. The molecule has 9 nitrogen and oxygen atoms in total. The van der Waals surface area contributed by atoms with Crippen molar-refractivity contribution in [1.29, 1.82) is 0 Å². The molecule has 1 saturated carbocycles. The van der Waals surface area contributed by atoms with Crippen LogP contribution in [0, 0.1) is 0 Å². The van der Waals surface area contributed by atoms with Gasteiger partial charge >= 0.3 is 0 Å². The van der Waals surface area contributed by atoms with Crippen molar-refractivity contribution >= 4 is 17.3 Å². The van der Waals surface area contributed by atoms with Gasteiger partial charge in [-0.3, -0.25) is 0 Å². The highest BCUT2D eigenvalue weighted by Crippen LogP contribution is 2.38. The van der Waals surface area contributed by atoms with Crippen LogP contribution >= 0.6 is 0 Å². The van der Waals surface area contributed by atoms with Gasteiger partial charge in [-0.25, -0.2) is 0 Å². The van der Waals surface area contributed by atoms with Crippen LogP contribution < -0.4 is 9.80 Å². The fraction of sp³-hybridized carbons (Fsp3) is 0.467. The standard InChI is InChI=1S/C15H17N9/c1-2-11(1)12-3-4-13(17-16-12)22-7-9-23(10-8-22)15-6-5-14-18-20-21-24(14)19-15/h3-6,11H,1-2,7-10H2. The summed E-state index contributed by atoms with van der Waals surface area (Å²) in [6.07, 6.45) is 2.51. The first-order chi connectivity index (χ1) is 11.9. The molecular formula is C15H17N9. The molecule has 0 spiro atoms. The van der Waals surface area contributed by atoms with E-state index in [1.54, 1.807) is 0 Å². The number of anilines is 2. The minimum Gasteiger partial charge on any atom is -0.352 e. The quantitative estimate of drug-likeness (QED) is 0.689. The van der Waals surface area contributed by atoms with Crippen LogP contribution in [0.15, 0.2) is 24.3 Å². The van der Waals surface area contributed by atoms with E-state index in [9.17, 15) is 0 Å². The minimum atomic E-state index is 0.649. The summed E-state index contributed by atoms with van der Waals surface area (Å²) in [7, 11) is 0. The molecule has 0 amide bonds. The first-order valence-corrected chi connectivity index (χ1v) is 8.26. The summed E-state index contributed by atoms with van der Waals surface area (Å²) in [5.41, 5.74) is 1.79. The molecule has 4 heterocycles. The topological polar surface area (TPSA) is 88.2 Å². The zero-order valence-electron chi connectivity index (χ0n) is 13.2. The fourth-order valence-electron chi connectivity index (χ4n) is 3.07. The van der Waals surface area contributed by atoms with Crippen molar-refractivity contribution in [2.75, 3.05) is 36.0 Å². The molecular weight excluding hydrogens is 306 g/mol. The summed E-state index contributed by atoms with van der Waals surface area (Å²) >= 11 is 0. The lowest BCUT2D eigenvalue weighted by Gasteiger charge is -2.35. The monoisotopic (exact) mass is 323 g/mol. The number of tetrazole rings is 1. The molecule has 0 N–H and O–H groups in total. The molecule has 1 aliphatic carbocycles. The molecule has 122 valence electrons. The predicted octanol–water partition coefficient (Wildman–Crippen LogP) is 0.513. The Morgan fingerprint density at radius 2 is 1.54 bits per heavy atom. The summed E-state index contributed by atoms with van der Waals surface area (Å²) in [5, 5.41) is 24.6. The molecule has 5 rings (SSSR count). The van der Waals surface area contributed by atoms with Crippen molar-refractivity contribution < 1.29 is 0 Å². The van der Waals surface area contributed by atoms with Gasteiger partial charge in [0.15, 0.2) is 17.3 Å². The molecule has 0 bridgehead atoms. The molecule has 9 heteroatoms. The Balaban J connectivity index is 1.27. The van der Waals surface area contributed by atoms with E-state index in [4.69, 9.17) is 0 Å². The number of hydrogen-bond donors (Lipinski definition) is 0. The van der Waals surface area contributed by atoms with Gasteiger partial charge in [0.2, 0.25) is 0 Å². The Morgan fingerprint density at radius 1 is 0.792 bits per heavy atom. The van der Waals surface area contributed by atoms with E-state index < -0.39 is 0 Å². The summed E-state index contributed by atoms with van der Waals surface area (Å²) in [6.45, 7) is 3.55.